The van der Waals surface area contributed by atoms with Gasteiger partial charge in [0.2, 0.25) is 5.91 Å². The number of carbonyl (C=O) groups excluding carboxylic acids is 2. The topological polar surface area (TPSA) is 125 Å². The molecule has 26 heavy (non-hydrogen) atoms. The van der Waals surface area contributed by atoms with Gasteiger partial charge in [-0.25, -0.2) is 4.98 Å². The van der Waals surface area contributed by atoms with Crippen LogP contribution in [-0.4, -0.2) is 34.7 Å². The maximum Gasteiger partial charge on any atom is 0.311 e. The largest absolute Gasteiger partial charge is 0.469 e. The van der Waals surface area contributed by atoms with Crippen molar-refractivity contribution in [2.24, 2.45) is 0 Å². The van der Waals surface area contributed by atoms with Crippen molar-refractivity contribution in [3.05, 3.63) is 51.9 Å². The van der Waals surface area contributed by atoms with Gasteiger partial charge in [-0.3, -0.25) is 14.4 Å². The molecule has 9 heteroatoms. The standard InChI is InChI=1S/C17H16N4O4S/c1-25-16(24)9-13-8-14(22)21-17(20-13)26-10-15(23)19-12-4-2-11(3-5-12)6-7-18/h2-5,8H,6,9-10H2,1H3,(H,19,23)(H,20,21,22). The van der Waals surface area contributed by atoms with Gasteiger partial charge in [0.1, 0.15) is 0 Å². The van der Waals surface area contributed by atoms with E-state index in [1.54, 1.807) is 24.3 Å². The lowest BCUT2D eigenvalue weighted by Crippen LogP contribution is -2.17. The highest BCUT2D eigenvalue weighted by Crippen LogP contribution is 2.14. The van der Waals surface area contributed by atoms with Crippen molar-refractivity contribution in [1.82, 2.24) is 9.97 Å². The lowest BCUT2D eigenvalue weighted by molar-refractivity contribution is -0.139. The quantitative estimate of drug-likeness (QED) is 0.426. The first kappa shape index (κ1) is 19.2. The maximum absolute atomic E-state index is 12.0. The predicted octanol–water partition coefficient (Wildman–Crippen LogP) is 1.28. The molecule has 0 saturated heterocycles. The second kappa shape index (κ2) is 9.39. The molecule has 0 saturated carbocycles. The number of carbonyl (C=O) groups is 2. The van der Waals surface area contributed by atoms with Crippen molar-refractivity contribution >= 4 is 29.3 Å². The second-order valence-corrected chi connectivity index (χ2v) is 6.13. The van der Waals surface area contributed by atoms with Gasteiger partial charge in [-0.05, 0) is 17.7 Å². The summed E-state index contributed by atoms with van der Waals surface area (Å²) in [5.41, 5.74) is 1.34. The van der Waals surface area contributed by atoms with Gasteiger partial charge < -0.3 is 15.0 Å². The van der Waals surface area contributed by atoms with E-state index >= 15 is 0 Å². The highest BCUT2D eigenvalue weighted by molar-refractivity contribution is 7.99. The molecule has 0 bridgehead atoms. The van der Waals surface area contributed by atoms with E-state index in [1.165, 1.54) is 13.2 Å². The zero-order chi connectivity index (χ0) is 18.9. The number of hydrogen-bond acceptors (Lipinski definition) is 7. The molecule has 0 aliphatic heterocycles. The molecule has 0 atom stereocenters. The number of thioether (sulfide) groups is 1. The number of esters is 1. The number of methoxy groups -OCH3 is 1. The van der Waals surface area contributed by atoms with Crippen LogP contribution in [0.2, 0.25) is 0 Å². The molecule has 0 fully saturated rings. The van der Waals surface area contributed by atoms with Crippen LogP contribution in [0.4, 0.5) is 5.69 Å². The first-order valence-electron chi connectivity index (χ1n) is 7.55. The van der Waals surface area contributed by atoms with Crippen LogP contribution >= 0.6 is 11.8 Å². The van der Waals surface area contributed by atoms with Crippen LogP contribution in [0, 0.1) is 11.3 Å². The number of H-pyrrole nitrogens is 1. The normalized spacial score (nSPS) is 10.0. The minimum absolute atomic E-state index is 0.0323. The van der Waals surface area contributed by atoms with Crippen LogP contribution in [0.25, 0.3) is 0 Å². The molecule has 1 amide bonds. The first-order valence-corrected chi connectivity index (χ1v) is 8.54. The average Bonchev–Trinajstić information content (AvgIpc) is 2.61. The van der Waals surface area contributed by atoms with Gasteiger partial charge in [0.15, 0.2) is 5.16 Å². The molecule has 0 aliphatic rings. The Labute approximate surface area is 153 Å². The Bertz CT molecular complexity index is 887. The zero-order valence-corrected chi connectivity index (χ0v) is 14.8. The van der Waals surface area contributed by atoms with Crippen LogP contribution in [0.15, 0.2) is 40.3 Å². The smallest absolute Gasteiger partial charge is 0.311 e. The summed E-state index contributed by atoms with van der Waals surface area (Å²) in [5.74, 6) is -0.745. The van der Waals surface area contributed by atoms with Crippen molar-refractivity contribution < 1.29 is 14.3 Å². The molecule has 1 aromatic heterocycles. The summed E-state index contributed by atoms with van der Waals surface area (Å²) in [6.07, 6.45) is 0.195. The van der Waals surface area contributed by atoms with E-state index in [0.717, 1.165) is 17.3 Å². The van der Waals surface area contributed by atoms with Crippen molar-refractivity contribution in [2.45, 2.75) is 18.0 Å². The molecule has 1 heterocycles. The van der Waals surface area contributed by atoms with E-state index < -0.39 is 11.5 Å². The Morgan fingerprint density at radius 3 is 2.73 bits per heavy atom. The molecule has 2 rings (SSSR count). The van der Waals surface area contributed by atoms with Gasteiger partial charge in [0, 0.05) is 11.8 Å². The van der Waals surface area contributed by atoms with Gasteiger partial charge >= 0.3 is 5.97 Å². The van der Waals surface area contributed by atoms with Crippen LogP contribution in [0.3, 0.4) is 0 Å². The van der Waals surface area contributed by atoms with E-state index in [4.69, 9.17) is 5.26 Å². The molecule has 1 aromatic carbocycles. The van der Waals surface area contributed by atoms with E-state index in [2.05, 4.69) is 26.1 Å². The molecule has 0 radical (unpaired) electrons. The highest BCUT2D eigenvalue weighted by atomic mass is 32.2. The number of anilines is 1. The summed E-state index contributed by atoms with van der Waals surface area (Å²) in [6.45, 7) is 0. The number of nitrogens with zero attached hydrogens (tertiary/aromatic N) is 2. The van der Waals surface area contributed by atoms with Crippen molar-refractivity contribution in [3.63, 3.8) is 0 Å². The van der Waals surface area contributed by atoms with E-state index in [1.807, 2.05) is 0 Å². The van der Waals surface area contributed by atoms with Crippen molar-refractivity contribution in [1.29, 1.82) is 5.26 Å². The average molecular weight is 372 g/mol. The number of aromatic amines is 1. The van der Waals surface area contributed by atoms with Crippen LogP contribution in [-0.2, 0) is 27.2 Å². The number of nitrogens with one attached hydrogen (secondary N) is 2. The number of benzene rings is 1. The molecule has 2 aromatic rings. The minimum Gasteiger partial charge on any atom is -0.469 e. The zero-order valence-electron chi connectivity index (χ0n) is 13.9. The van der Waals surface area contributed by atoms with Crippen molar-refractivity contribution in [2.75, 3.05) is 18.2 Å². The predicted molar refractivity (Wildman–Crippen MR) is 95.7 cm³/mol. The Kier molecular flexibility index (Phi) is 6.93. The summed E-state index contributed by atoms with van der Waals surface area (Å²) in [7, 11) is 1.25. The summed E-state index contributed by atoms with van der Waals surface area (Å²) >= 11 is 1.05. The van der Waals surface area contributed by atoms with Gasteiger partial charge in [-0.2, -0.15) is 5.26 Å². The number of nitriles is 1. The minimum atomic E-state index is -0.503. The van der Waals surface area contributed by atoms with Crippen molar-refractivity contribution in [3.8, 4) is 6.07 Å². The number of hydrogen-bond donors (Lipinski definition) is 2. The molecule has 0 unspecified atom stereocenters. The molecule has 134 valence electrons. The van der Waals surface area contributed by atoms with Crippen LogP contribution in [0.1, 0.15) is 11.3 Å². The lowest BCUT2D eigenvalue weighted by Gasteiger charge is -2.06. The van der Waals surface area contributed by atoms with Gasteiger partial charge in [0.05, 0.1) is 37.5 Å². The molecular formula is C17H16N4O4S. The van der Waals surface area contributed by atoms with Gasteiger partial charge in [-0.15, -0.1) is 0 Å². The Morgan fingerprint density at radius 2 is 2.08 bits per heavy atom. The summed E-state index contributed by atoms with van der Waals surface area (Å²) in [4.78, 5) is 41.5. The fourth-order valence-corrected chi connectivity index (χ4v) is 2.69. The van der Waals surface area contributed by atoms with E-state index in [0.29, 0.717) is 12.1 Å². The Hall–Kier alpha value is -3.12. The second-order valence-electron chi connectivity index (χ2n) is 5.16. The third-order valence-corrected chi connectivity index (χ3v) is 4.06. The third-order valence-electron chi connectivity index (χ3n) is 3.19. The SMILES string of the molecule is COC(=O)Cc1cc(=O)[nH]c(SCC(=O)Nc2ccc(CC#N)cc2)n1. The molecular weight excluding hydrogens is 356 g/mol. The van der Waals surface area contributed by atoms with Gasteiger partial charge in [-0.1, -0.05) is 23.9 Å². The monoisotopic (exact) mass is 372 g/mol. The molecule has 0 spiro atoms. The summed E-state index contributed by atoms with van der Waals surface area (Å²) in [5, 5.41) is 11.6. The van der Waals surface area contributed by atoms with E-state index in [9.17, 15) is 14.4 Å². The first-order chi connectivity index (χ1) is 12.5. The summed E-state index contributed by atoms with van der Waals surface area (Å²) in [6, 6.07) is 10.2. The molecule has 0 aliphatic carbocycles. The van der Waals surface area contributed by atoms with Crippen LogP contribution in [0.5, 0.6) is 0 Å². The van der Waals surface area contributed by atoms with Crippen LogP contribution < -0.4 is 10.9 Å². The van der Waals surface area contributed by atoms with E-state index in [-0.39, 0.29) is 28.9 Å². The Morgan fingerprint density at radius 1 is 1.35 bits per heavy atom. The number of ether oxygens (including phenoxy) is 1. The number of amides is 1. The molecule has 8 nitrogen and oxygen atoms in total. The highest BCUT2D eigenvalue weighted by Gasteiger charge is 2.10. The maximum atomic E-state index is 12.0. The number of rotatable bonds is 7. The fourth-order valence-electron chi connectivity index (χ4n) is 1.99. The van der Waals surface area contributed by atoms with Gasteiger partial charge in [0.25, 0.3) is 5.56 Å². The fraction of sp³-hybridized carbons (Fsp3) is 0.235. The molecule has 2 N–H and O–H groups in total. The number of aromatic nitrogens is 2. The Balaban J connectivity index is 1.93. The lowest BCUT2D eigenvalue weighted by atomic mass is 10.1. The third kappa shape index (κ3) is 6.07. The summed E-state index contributed by atoms with van der Waals surface area (Å²) < 4.78 is 4.54.